The Bertz CT molecular complexity index is 1680. The zero-order chi connectivity index (χ0) is 29.5. The predicted molar refractivity (Wildman–Crippen MR) is 160 cm³/mol. The van der Waals surface area contributed by atoms with Gasteiger partial charge in [-0.25, -0.2) is 0 Å². The Morgan fingerprint density at radius 1 is 0.756 bits per heavy atom. The van der Waals surface area contributed by atoms with Crippen molar-refractivity contribution in [1.29, 1.82) is 0 Å². The van der Waals surface area contributed by atoms with Crippen molar-refractivity contribution in [2.75, 3.05) is 0 Å². The van der Waals surface area contributed by atoms with Gasteiger partial charge in [0.05, 0.1) is 0 Å². The molecule has 4 rings (SSSR count). The van der Waals surface area contributed by atoms with Gasteiger partial charge in [0.25, 0.3) is 0 Å². The SMILES string of the molecule is CCCC/C([Se]c1ccccc1)=C(/c1cccc([N+](=O)[O-])c1)N(S(=O)(=O)c1ccccc1)S(=O)(=O)c1ccccc1. The second kappa shape index (κ2) is 13.3. The van der Waals surface area contributed by atoms with Crippen molar-refractivity contribution >= 4 is 50.8 Å². The Labute approximate surface area is 246 Å². The number of unbranched alkanes of at least 4 members (excludes halogenated alkanes) is 1. The average molecular weight is 656 g/mol. The van der Waals surface area contributed by atoms with E-state index in [4.69, 9.17) is 0 Å². The van der Waals surface area contributed by atoms with Crippen molar-refractivity contribution < 1.29 is 21.8 Å². The standard InChI is InChI=1S/C30H28N2O6S2Se/c1-2-3-22-29(41-28-20-11-6-12-21-28)30(24-14-13-15-25(23-24)31(33)34)32(39(35,36)26-16-7-4-8-17-26)40(37,38)27-18-9-5-10-19-27/h4-21,23H,2-3,22H2,1H3/b30-29+. The molecule has 212 valence electrons. The molecule has 0 N–H and O–H groups in total. The predicted octanol–water partition coefficient (Wildman–Crippen LogP) is 5.56. The number of hydrogen-bond donors (Lipinski definition) is 0. The summed E-state index contributed by atoms with van der Waals surface area (Å²) in [6, 6.07) is 29.5. The summed E-state index contributed by atoms with van der Waals surface area (Å²) >= 11 is -0.507. The first-order valence-corrected chi connectivity index (χ1v) is 17.4. The molecule has 0 radical (unpaired) electrons. The van der Waals surface area contributed by atoms with Crippen LogP contribution in [0.3, 0.4) is 0 Å². The normalized spacial score (nSPS) is 12.4. The minimum atomic E-state index is -4.72. The number of nitro groups is 1. The second-order valence-electron chi connectivity index (χ2n) is 8.93. The van der Waals surface area contributed by atoms with Gasteiger partial charge in [-0.1, -0.05) is 0 Å². The number of benzene rings is 4. The molecule has 4 aromatic rings. The summed E-state index contributed by atoms with van der Waals surface area (Å²) in [5.74, 6) is 0. The van der Waals surface area contributed by atoms with Crippen molar-refractivity contribution in [3.63, 3.8) is 0 Å². The molecule has 0 heterocycles. The molecule has 0 aliphatic carbocycles. The van der Waals surface area contributed by atoms with Gasteiger partial charge in [0.15, 0.2) is 0 Å². The Morgan fingerprint density at radius 2 is 1.27 bits per heavy atom. The maximum atomic E-state index is 14.4. The molecule has 0 aliphatic rings. The molecule has 0 aromatic heterocycles. The molecule has 8 nitrogen and oxygen atoms in total. The molecule has 11 heteroatoms. The van der Waals surface area contributed by atoms with Crippen LogP contribution in [0.15, 0.2) is 130 Å². The van der Waals surface area contributed by atoms with E-state index in [9.17, 15) is 26.9 Å². The molecule has 0 aliphatic heterocycles. The van der Waals surface area contributed by atoms with Crippen molar-refractivity contribution in [1.82, 2.24) is 3.71 Å². The minimum absolute atomic E-state index is 0.0845. The van der Waals surface area contributed by atoms with Crippen LogP contribution >= 0.6 is 0 Å². The second-order valence-corrected chi connectivity index (χ2v) is 15.2. The molecule has 0 bridgehead atoms. The summed E-state index contributed by atoms with van der Waals surface area (Å²) in [4.78, 5) is 10.7. The van der Waals surface area contributed by atoms with Crippen LogP contribution in [0.2, 0.25) is 0 Å². The Kier molecular flexibility index (Phi) is 9.77. The van der Waals surface area contributed by atoms with Crippen LogP contribution in [-0.2, 0) is 20.0 Å². The zero-order valence-corrected chi connectivity index (χ0v) is 25.5. The van der Waals surface area contributed by atoms with Crippen LogP contribution in [0.5, 0.6) is 0 Å². The third kappa shape index (κ3) is 6.94. The van der Waals surface area contributed by atoms with E-state index in [-0.39, 0.29) is 26.7 Å². The van der Waals surface area contributed by atoms with E-state index in [1.165, 1.54) is 72.8 Å². The van der Waals surface area contributed by atoms with E-state index in [2.05, 4.69) is 0 Å². The van der Waals surface area contributed by atoms with Crippen LogP contribution < -0.4 is 4.46 Å². The van der Waals surface area contributed by atoms with Crippen molar-refractivity contribution in [3.8, 4) is 0 Å². The molecule has 0 spiro atoms. The van der Waals surface area contributed by atoms with Gasteiger partial charge < -0.3 is 0 Å². The molecule has 0 saturated heterocycles. The van der Waals surface area contributed by atoms with Gasteiger partial charge in [0, 0.05) is 0 Å². The summed E-state index contributed by atoms with van der Waals surface area (Å²) in [5.41, 5.74) is -0.239. The van der Waals surface area contributed by atoms with Crippen LogP contribution in [0.4, 0.5) is 5.69 Å². The van der Waals surface area contributed by atoms with Crippen molar-refractivity contribution in [2.24, 2.45) is 0 Å². The van der Waals surface area contributed by atoms with E-state index < -0.39 is 39.9 Å². The topological polar surface area (TPSA) is 115 Å². The molecular weight excluding hydrogens is 627 g/mol. The van der Waals surface area contributed by atoms with E-state index in [0.717, 1.165) is 10.9 Å². The Hall–Kier alpha value is -3.76. The molecule has 0 saturated carbocycles. The fourth-order valence-electron chi connectivity index (χ4n) is 4.07. The van der Waals surface area contributed by atoms with Gasteiger partial charge >= 0.3 is 248 Å². The van der Waals surface area contributed by atoms with Crippen molar-refractivity contribution in [3.05, 3.63) is 135 Å². The first-order chi connectivity index (χ1) is 19.7. The average Bonchev–Trinajstić information content (AvgIpc) is 2.99. The first kappa shape index (κ1) is 30.2. The number of non-ortho nitro benzene ring substituents is 1. The van der Waals surface area contributed by atoms with Gasteiger partial charge in [-0.15, -0.1) is 0 Å². The first-order valence-electron chi connectivity index (χ1n) is 12.8. The van der Waals surface area contributed by atoms with E-state index >= 15 is 0 Å². The summed E-state index contributed by atoms with van der Waals surface area (Å²) in [5, 5.41) is 11.8. The summed E-state index contributed by atoms with van der Waals surface area (Å²) in [7, 11) is -9.44. The van der Waals surface area contributed by atoms with Crippen LogP contribution in [0.1, 0.15) is 31.7 Å². The van der Waals surface area contributed by atoms with Crippen LogP contribution in [0.25, 0.3) is 5.70 Å². The third-order valence-corrected chi connectivity index (χ3v) is 12.6. The third-order valence-electron chi connectivity index (χ3n) is 6.04. The van der Waals surface area contributed by atoms with Gasteiger partial charge in [0.1, 0.15) is 0 Å². The summed E-state index contributed by atoms with van der Waals surface area (Å²) in [6.45, 7) is 1.99. The maximum absolute atomic E-state index is 14.4. The molecule has 0 amide bonds. The van der Waals surface area contributed by atoms with E-state index in [1.807, 2.05) is 37.3 Å². The Balaban J connectivity index is 2.14. The van der Waals surface area contributed by atoms with Gasteiger partial charge in [-0.3, -0.25) is 0 Å². The molecule has 0 fully saturated rings. The number of hydrogen-bond acceptors (Lipinski definition) is 6. The monoisotopic (exact) mass is 656 g/mol. The van der Waals surface area contributed by atoms with Crippen LogP contribution in [0, 0.1) is 10.1 Å². The van der Waals surface area contributed by atoms with Crippen LogP contribution in [-0.4, -0.2) is 40.4 Å². The van der Waals surface area contributed by atoms with Gasteiger partial charge in [0.2, 0.25) is 0 Å². The van der Waals surface area contributed by atoms with Gasteiger partial charge in [-0.05, 0) is 0 Å². The molecule has 41 heavy (non-hydrogen) atoms. The number of nitro benzene ring substituents is 1. The van der Waals surface area contributed by atoms with Gasteiger partial charge in [-0.2, -0.15) is 0 Å². The fraction of sp³-hybridized carbons (Fsp3) is 0.133. The molecule has 0 unspecified atom stereocenters. The Morgan fingerprint density at radius 3 is 1.76 bits per heavy atom. The number of sulfonamides is 2. The molecule has 0 atom stereocenters. The van der Waals surface area contributed by atoms with Crippen molar-refractivity contribution in [2.45, 2.75) is 36.0 Å². The zero-order valence-electron chi connectivity index (χ0n) is 22.2. The summed E-state index contributed by atoms with van der Waals surface area (Å²) in [6.07, 6.45) is 1.83. The molecular formula is C30H28N2O6S2Se. The number of rotatable bonds is 12. The van der Waals surface area contributed by atoms with E-state index in [0.29, 0.717) is 21.0 Å². The molecule has 4 aromatic carbocycles. The number of nitrogens with zero attached hydrogens (tertiary/aromatic N) is 2. The fourth-order valence-corrected chi connectivity index (χ4v) is 10.5. The quantitative estimate of drug-likeness (QED) is 0.112. The van der Waals surface area contributed by atoms with E-state index in [1.54, 1.807) is 12.1 Å². The number of allylic oxidation sites excluding steroid dienone is 1. The summed E-state index contributed by atoms with van der Waals surface area (Å²) < 4.78 is 59.6.